The number of thiophene rings is 1. The maximum absolute atomic E-state index is 13.1. The van der Waals surface area contributed by atoms with Crippen molar-refractivity contribution in [2.24, 2.45) is 0 Å². The van der Waals surface area contributed by atoms with Crippen LogP contribution in [0.5, 0.6) is 0 Å². The largest absolute Gasteiger partial charge is 0.324 e. The molecule has 150 valence electrons. The second-order valence-electron chi connectivity index (χ2n) is 7.54. The van der Waals surface area contributed by atoms with Crippen molar-refractivity contribution in [2.75, 3.05) is 18.4 Å². The molecule has 0 saturated carbocycles. The Kier molecular flexibility index (Phi) is 6.12. The number of benzene rings is 2. The number of para-hydroxylation sites is 1. The molecular weight excluding hydrogens is 376 g/mol. The van der Waals surface area contributed by atoms with Gasteiger partial charge in [0.15, 0.2) is 0 Å². The maximum atomic E-state index is 13.1. The van der Waals surface area contributed by atoms with Crippen molar-refractivity contribution in [1.82, 2.24) is 4.90 Å². The lowest BCUT2D eigenvalue weighted by Gasteiger charge is -2.35. The number of nitrogens with zero attached hydrogens (tertiary/aromatic N) is 1. The molecule has 0 saturated heterocycles. The van der Waals surface area contributed by atoms with Gasteiger partial charge in [0.25, 0.3) is 0 Å². The molecule has 1 aliphatic rings. The highest BCUT2D eigenvalue weighted by atomic mass is 32.1. The molecule has 2 aromatic carbocycles. The van der Waals surface area contributed by atoms with Gasteiger partial charge in [0, 0.05) is 17.1 Å². The molecule has 1 atom stereocenters. The van der Waals surface area contributed by atoms with Gasteiger partial charge < -0.3 is 5.32 Å². The smallest absolute Gasteiger partial charge is 0.238 e. The summed E-state index contributed by atoms with van der Waals surface area (Å²) < 4.78 is 0. The number of carbonyl (C=O) groups excluding carboxylic acids is 1. The van der Waals surface area contributed by atoms with Crippen molar-refractivity contribution in [3.8, 4) is 0 Å². The van der Waals surface area contributed by atoms with Crippen LogP contribution < -0.4 is 5.32 Å². The molecule has 3 nitrogen and oxygen atoms in total. The molecule has 1 aliphatic heterocycles. The molecule has 0 spiro atoms. The van der Waals surface area contributed by atoms with E-state index in [0.29, 0.717) is 6.54 Å². The van der Waals surface area contributed by atoms with Gasteiger partial charge >= 0.3 is 0 Å². The first-order chi connectivity index (χ1) is 14.2. The molecule has 1 N–H and O–H groups in total. The molecule has 2 heterocycles. The second-order valence-corrected chi connectivity index (χ2v) is 8.54. The lowest BCUT2D eigenvalue weighted by atomic mass is 9.93. The third-order valence-corrected chi connectivity index (χ3v) is 6.79. The summed E-state index contributed by atoms with van der Waals surface area (Å²) in [5, 5.41) is 5.42. The number of rotatable bonds is 6. The third kappa shape index (κ3) is 4.14. The zero-order chi connectivity index (χ0) is 20.2. The molecule has 0 bridgehead atoms. The van der Waals surface area contributed by atoms with E-state index in [1.54, 1.807) is 0 Å². The van der Waals surface area contributed by atoms with Crippen LogP contribution in [0.4, 0.5) is 5.69 Å². The molecule has 29 heavy (non-hydrogen) atoms. The summed E-state index contributed by atoms with van der Waals surface area (Å²) in [6.45, 7) is 5.57. The van der Waals surface area contributed by atoms with Gasteiger partial charge in [-0.05, 0) is 53.0 Å². The molecule has 0 fully saturated rings. The van der Waals surface area contributed by atoms with Crippen molar-refractivity contribution in [1.29, 1.82) is 0 Å². The van der Waals surface area contributed by atoms with Crippen LogP contribution in [0.2, 0.25) is 0 Å². The minimum atomic E-state index is 0.0696. The van der Waals surface area contributed by atoms with E-state index in [4.69, 9.17) is 0 Å². The Bertz CT molecular complexity index is 957. The van der Waals surface area contributed by atoms with E-state index in [1.165, 1.54) is 27.1 Å². The average molecular weight is 405 g/mol. The number of anilines is 1. The Morgan fingerprint density at radius 1 is 1.03 bits per heavy atom. The first kappa shape index (κ1) is 19.9. The number of nitrogens with one attached hydrogen (secondary N) is 1. The Labute approximate surface area is 177 Å². The zero-order valence-electron chi connectivity index (χ0n) is 17.2. The Hall–Kier alpha value is -2.43. The Balaban J connectivity index is 1.58. The minimum absolute atomic E-state index is 0.0696. The van der Waals surface area contributed by atoms with Gasteiger partial charge in [-0.15, -0.1) is 11.3 Å². The molecule has 3 aromatic rings. The number of hydrogen-bond donors (Lipinski definition) is 1. The van der Waals surface area contributed by atoms with E-state index in [0.717, 1.165) is 31.5 Å². The number of carbonyl (C=O) groups is 1. The predicted octanol–water partition coefficient (Wildman–Crippen LogP) is 5.46. The highest BCUT2D eigenvalue weighted by Gasteiger charge is 2.30. The predicted molar refractivity (Wildman–Crippen MR) is 122 cm³/mol. The third-order valence-electron chi connectivity index (χ3n) is 5.79. The van der Waals surface area contributed by atoms with Gasteiger partial charge in [0.05, 0.1) is 12.6 Å². The standard InChI is InChI=1S/C25H28N2OS/c1-3-18-11-8-12-19(4-2)24(18)26-23(28)17-27-15-13-22-21(14-16-29-22)25(27)20-9-6-5-7-10-20/h5-12,14,16,25H,3-4,13,15,17H2,1-2H3,(H,26,28). The van der Waals surface area contributed by atoms with Crippen molar-refractivity contribution in [3.63, 3.8) is 0 Å². The van der Waals surface area contributed by atoms with Gasteiger partial charge in [-0.1, -0.05) is 62.4 Å². The summed E-state index contributed by atoms with van der Waals surface area (Å²) in [7, 11) is 0. The van der Waals surface area contributed by atoms with E-state index in [1.807, 2.05) is 17.4 Å². The maximum Gasteiger partial charge on any atom is 0.238 e. The van der Waals surface area contributed by atoms with Gasteiger partial charge in [-0.25, -0.2) is 0 Å². The second kappa shape index (κ2) is 8.93. The molecule has 4 heteroatoms. The van der Waals surface area contributed by atoms with Gasteiger partial charge in [0.1, 0.15) is 0 Å². The first-order valence-electron chi connectivity index (χ1n) is 10.5. The monoisotopic (exact) mass is 404 g/mol. The number of amides is 1. The molecule has 0 aliphatic carbocycles. The van der Waals surface area contributed by atoms with Gasteiger partial charge in [0.2, 0.25) is 5.91 Å². The fourth-order valence-corrected chi connectivity index (χ4v) is 5.23. The lowest BCUT2D eigenvalue weighted by Crippen LogP contribution is -2.40. The van der Waals surface area contributed by atoms with Crippen LogP contribution in [0, 0.1) is 0 Å². The summed E-state index contributed by atoms with van der Waals surface area (Å²) >= 11 is 1.83. The number of fused-ring (bicyclic) bond motifs is 1. The quantitative estimate of drug-likeness (QED) is 0.592. The van der Waals surface area contributed by atoms with Crippen molar-refractivity contribution in [3.05, 3.63) is 87.1 Å². The van der Waals surface area contributed by atoms with E-state index < -0.39 is 0 Å². The van der Waals surface area contributed by atoms with Crippen LogP contribution >= 0.6 is 11.3 Å². The van der Waals surface area contributed by atoms with Crippen LogP contribution in [-0.4, -0.2) is 23.9 Å². The Morgan fingerprint density at radius 3 is 2.45 bits per heavy atom. The summed E-state index contributed by atoms with van der Waals surface area (Å²) in [5.41, 5.74) is 6.02. The minimum Gasteiger partial charge on any atom is -0.324 e. The van der Waals surface area contributed by atoms with Gasteiger partial charge in [-0.2, -0.15) is 0 Å². The SMILES string of the molecule is CCc1cccc(CC)c1NC(=O)CN1CCc2sccc2C1c1ccccc1. The molecule has 4 rings (SSSR count). The zero-order valence-corrected chi connectivity index (χ0v) is 18.0. The van der Waals surface area contributed by atoms with E-state index in [2.05, 4.69) is 78.0 Å². The number of hydrogen-bond acceptors (Lipinski definition) is 3. The van der Waals surface area contributed by atoms with Gasteiger partial charge in [-0.3, -0.25) is 9.69 Å². The van der Waals surface area contributed by atoms with Crippen LogP contribution in [0.1, 0.15) is 47.0 Å². The topological polar surface area (TPSA) is 32.3 Å². The summed E-state index contributed by atoms with van der Waals surface area (Å²) in [4.78, 5) is 16.9. The number of aryl methyl sites for hydroxylation is 2. The summed E-state index contributed by atoms with van der Waals surface area (Å²) in [5.74, 6) is 0.0696. The van der Waals surface area contributed by atoms with Crippen molar-refractivity contribution < 1.29 is 4.79 Å². The molecule has 1 amide bonds. The van der Waals surface area contributed by atoms with Crippen LogP contribution in [0.3, 0.4) is 0 Å². The molecule has 0 radical (unpaired) electrons. The van der Waals surface area contributed by atoms with Crippen LogP contribution in [0.15, 0.2) is 60.0 Å². The average Bonchev–Trinajstić information content (AvgIpc) is 3.23. The summed E-state index contributed by atoms with van der Waals surface area (Å²) in [6, 6.07) is 19.2. The Morgan fingerprint density at radius 2 is 1.76 bits per heavy atom. The fraction of sp³-hybridized carbons (Fsp3) is 0.320. The van der Waals surface area contributed by atoms with E-state index >= 15 is 0 Å². The van der Waals surface area contributed by atoms with Crippen LogP contribution in [0.25, 0.3) is 0 Å². The van der Waals surface area contributed by atoms with E-state index in [9.17, 15) is 4.79 Å². The summed E-state index contributed by atoms with van der Waals surface area (Å²) in [6.07, 6.45) is 2.84. The highest BCUT2D eigenvalue weighted by molar-refractivity contribution is 7.10. The van der Waals surface area contributed by atoms with Crippen LogP contribution in [-0.2, 0) is 24.1 Å². The highest BCUT2D eigenvalue weighted by Crippen LogP contribution is 2.37. The van der Waals surface area contributed by atoms with E-state index in [-0.39, 0.29) is 11.9 Å². The lowest BCUT2D eigenvalue weighted by molar-refractivity contribution is -0.117. The molecular formula is C25H28N2OS. The molecule has 1 aromatic heterocycles. The first-order valence-corrected chi connectivity index (χ1v) is 11.3. The van der Waals surface area contributed by atoms with Crippen molar-refractivity contribution in [2.45, 2.75) is 39.2 Å². The normalized spacial score (nSPS) is 16.4. The fourth-order valence-electron chi connectivity index (χ4n) is 4.33. The van der Waals surface area contributed by atoms with Crippen molar-refractivity contribution >= 4 is 22.9 Å². The molecule has 1 unspecified atom stereocenters.